The van der Waals surface area contributed by atoms with Crippen molar-refractivity contribution in [3.8, 4) is 0 Å². The third kappa shape index (κ3) is 3.57. The SMILES string of the molecule is CC(=O)N1c2ccccc2[C@H](NC(=O)O)[C@@H](C)[C@@H]1CC(F)(F)F. The number of alkyl halides is 3. The molecule has 0 fully saturated rings. The standard InChI is InChI=1S/C15H17F3N2O3/c1-8-12(7-15(16,17)18)20(9(2)21)11-6-4-3-5-10(11)13(8)19-14(22)23/h3-6,8,12-13,19H,7H2,1-2H3,(H,22,23)/t8-,12-,13+/m0/s1. The maximum atomic E-state index is 12.9. The van der Waals surface area contributed by atoms with E-state index in [2.05, 4.69) is 5.32 Å². The maximum absolute atomic E-state index is 12.9. The van der Waals surface area contributed by atoms with Crippen LogP contribution in [0.25, 0.3) is 0 Å². The highest BCUT2D eigenvalue weighted by molar-refractivity contribution is 5.94. The van der Waals surface area contributed by atoms with Crippen molar-refractivity contribution in [2.45, 2.75) is 38.5 Å². The number of carbonyl (C=O) groups excluding carboxylic acids is 1. The van der Waals surface area contributed by atoms with E-state index in [9.17, 15) is 22.8 Å². The number of nitrogens with zero attached hydrogens (tertiary/aromatic N) is 1. The van der Waals surface area contributed by atoms with Gasteiger partial charge in [0.1, 0.15) is 0 Å². The van der Waals surface area contributed by atoms with E-state index in [1.165, 1.54) is 19.9 Å². The minimum absolute atomic E-state index is 0.311. The van der Waals surface area contributed by atoms with E-state index in [0.717, 1.165) is 4.90 Å². The van der Waals surface area contributed by atoms with E-state index in [1.54, 1.807) is 18.2 Å². The van der Waals surface area contributed by atoms with E-state index in [-0.39, 0.29) is 0 Å². The van der Waals surface area contributed by atoms with Crippen molar-refractivity contribution >= 4 is 17.7 Å². The Morgan fingerprint density at radius 2 is 1.91 bits per heavy atom. The van der Waals surface area contributed by atoms with Crippen LogP contribution in [0.5, 0.6) is 0 Å². The summed E-state index contributed by atoms with van der Waals surface area (Å²) in [5, 5.41) is 11.3. The Morgan fingerprint density at radius 1 is 1.30 bits per heavy atom. The van der Waals surface area contributed by atoms with Crippen LogP contribution in [0.2, 0.25) is 0 Å². The molecule has 0 unspecified atom stereocenters. The van der Waals surface area contributed by atoms with Gasteiger partial charge in [-0.05, 0) is 11.6 Å². The smallest absolute Gasteiger partial charge is 0.405 e. The Labute approximate surface area is 131 Å². The van der Waals surface area contributed by atoms with Crippen LogP contribution in [0.1, 0.15) is 31.9 Å². The van der Waals surface area contributed by atoms with Crippen molar-refractivity contribution in [1.29, 1.82) is 0 Å². The van der Waals surface area contributed by atoms with Gasteiger partial charge in [-0.25, -0.2) is 4.79 Å². The normalized spacial score (nSPS) is 24.0. The molecular formula is C15H17F3N2O3. The molecule has 126 valence electrons. The van der Waals surface area contributed by atoms with Crippen molar-refractivity contribution < 1.29 is 27.9 Å². The molecule has 0 spiro atoms. The first-order chi connectivity index (χ1) is 10.6. The molecule has 1 aliphatic heterocycles. The third-order valence-corrected chi connectivity index (χ3v) is 4.05. The second kappa shape index (κ2) is 6.10. The van der Waals surface area contributed by atoms with Crippen LogP contribution in [0.3, 0.4) is 0 Å². The van der Waals surface area contributed by atoms with Gasteiger partial charge in [0.05, 0.1) is 18.5 Å². The summed E-state index contributed by atoms with van der Waals surface area (Å²) in [5.74, 6) is -1.24. The Bertz CT molecular complexity index is 618. The predicted octanol–water partition coefficient (Wildman–Crippen LogP) is 3.32. The van der Waals surface area contributed by atoms with Crippen LogP contribution < -0.4 is 10.2 Å². The fourth-order valence-corrected chi connectivity index (χ4v) is 3.15. The lowest BCUT2D eigenvalue weighted by atomic mass is 9.80. The van der Waals surface area contributed by atoms with Gasteiger partial charge in [0.15, 0.2) is 0 Å². The first-order valence-electron chi connectivity index (χ1n) is 7.06. The highest BCUT2D eigenvalue weighted by Gasteiger charge is 2.46. The molecule has 0 bridgehead atoms. The number of amides is 2. The molecule has 1 aromatic carbocycles. The third-order valence-electron chi connectivity index (χ3n) is 4.05. The second-order valence-corrected chi connectivity index (χ2v) is 5.62. The molecule has 0 saturated carbocycles. The number of rotatable bonds is 2. The number of para-hydroxylation sites is 1. The molecule has 1 heterocycles. The van der Waals surface area contributed by atoms with Crippen LogP contribution in [0.15, 0.2) is 24.3 Å². The van der Waals surface area contributed by atoms with E-state index in [0.29, 0.717) is 11.3 Å². The molecule has 0 saturated heterocycles. The number of fused-ring (bicyclic) bond motifs is 1. The van der Waals surface area contributed by atoms with E-state index >= 15 is 0 Å². The van der Waals surface area contributed by atoms with Crippen LogP contribution in [0, 0.1) is 5.92 Å². The highest BCUT2D eigenvalue weighted by Crippen LogP contribution is 2.43. The van der Waals surface area contributed by atoms with Crippen LogP contribution in [-0.4, -0.2) is 29.3 Å². The lowest BCUT2D eigenvalue weighted by Gasteiger charge is -2.45. The minimum Gasteiger partial charge on any atom is -0.465 e. The molecule has 0 aromatic heterocycles. The molecule has 8 heteroatoms. The largest absolute Gasteiger partial charge is 0.465 e. The van der Waals surface area contributed by atoms with Gasteiger partial charge in [0, 0.05) is 18.5 Å². The number of carboxylic acid groups (broad SMARTS) is 1. The summed E-state index contributed by atoms with van der Waals surface area (Å²) in [5.41, 5.74) is 0.808. The zero-order valence-electron chi connectivity index (χ0n) is 12.6. The van der Waals surface area contributed by atoms with Crippen LogP contribution in [0.4, 0.5) is 23.7 Å². The van der Waals surface area contributed by atoms with Gasteiger partial charge in [0.25, 0.3) is 0 Å². The fraction of sp³-hybridized carbons (Fsp3) is 0.467. The van der Waals surface area contributed by atoms with Gasteiger partial charge >= 0.3 is 12.3 Å². The fourth-order valence-electron chi connectivity index (χ4n) is 3.15. The maximum Gasteiger partial charge on any atom is 0.405 e. The van der Waals surface area contributed by atoms with Gasteiger partial charge < -0.3 is 15.3 Å². The molecule has 5 nitrogen and oxygen atoms in total. The molecule has 3 atom stereocenters. The number of carbonyl (C=O) groups is 2. The van der Waals surface area contributed by atoms with Gasteiger partial charge in [0.2, 0.25) is 5.91 Å². The number of nitrogens with one attached hydrogen (secondary N) is 1. The summed E-state index contributed by atoms with van der Waals surface area (Å²) in [4.78, 5) is 24.1. The van der Waals surface area contributed by atoms with Crippen LogP contribution in [-0.2, 0) is 4.79 Å². The summed E-state index contributed by atoms with van der Waals surface area (Å²) in [6, 6.07) is 4.43. The quantitative estimate of drug-likeness (QED) is 0.874. The molecule has 2 N–H and O–H groups in total. The predicted molar refractivity (Wildman–Crippen MR) is 77.1 cm³/mol. The lowest BCUT2D eigenvalue weighted by molar-refractivity contribution is -0.143. The van der Waals surface area contributed by atoms with Crippen molar-refractivity contribution in [1.82, 2.24) is 5.32 Å². The molecule has 1 aliphatic rings. The number of benzene rings is 1. The first kappa shape index (κ1) is 17.1. The molecule has 23 heavy (non-hydrogen) atoms. The summed E-state index contributed by atoms with van der Waals surface area (Å²) < 4.78 is 38.8. The topological polar surface area (TPSA) is 69.6 Å². The molecular weight excluding hydrogens is 313 g/mol. The van der Waals surface area contributed by atoms with Crippen molar-refractivity contribution in [2.75, 3.05) is 4.90 Å². The Balaban J connectivity index is 2.55. The van der Waals surface area contributed by atoms with E-state index < -0.39 is 42.6 Å². The Morgan fingerprint density at radius 3 is 2.43 bits per heavy atom. The summed E-state index contributed by atoms with van der Waals surface area (Å²) in [6.45, 7) is 2.72. The number of halogens is 3. The highest BCUT2D eigenvalue weighted by atomic mass is 19.4. The zero-order valence-corrected chi connectivity index (χ0v) is 12.6. The van der Waals surface area contributed by atoms with Gasteiger partial charge in [-0.2, -0.15) is 13.2 Å². The van der Waals surface area contributed by atoms with Crippen molar-refractivity contribution in [3.05, 3.63) is 29.8 Å². The average Bonchev–Trinajstić information content (AvgIpc) is 2.41. The zero-order chi connectivity index (χ0) is 17.4. The average molecular weight is 330 g/mol. The van der Waals surface area contributed by atoms with Gasteiger partial charge in [-0.1, -0.05) is 25.1 Å². The molecule has 0 aliphatic carbocycles. The van der Waals surface area contributed by atoms with Crippen LogP contribution >= 0.6 is 0 Å². The Kier molecular flexibility index (Phi) is 4.53. The number of hydrogen-bond donors (Lipinski definition) is 2. The lowest BCUT2D eigenvalue weighted by Crippen LogP contribution is -2.53. The monoisotopic (exact) mass is 330 g/mol. The van der Waals surface area contributed by atoms with E-state index in [1.807, 2.05) is 0 Å². The second-order valence-electron chi connectivity index (χ2n) is 5.62. The number of anilines is 1. The van der Waals surface area contributed by atoms with E-state index in [4.69, 9.17) is 5.11 Å². The Hall–Kier alpha value is -2.25. The van der Waals surface area contributed by atoms with Gasteiger partial charge in [-0.15, -0.1) is 0 Å². The summed E-state index contributed by atoms with van der Waals surface area (Å²) >= 11 is 0. The number of hydrogen-bond acceptors (Lipinski definition) is 2. The van der Waals surface area contributed by atoms with Gasteiger partial charge in [-0.3, -0.25) is 4.79 Å². The van der Waals surface area contributed by atoms with Crippen molar-refractivity contribution in [2.24, 2.45) is 5.92 Å². The minimum atomic E-state index is -4.47. The van der Waals surface area contributed by atoms with Crippen molar-refractivity contribution in [3.63, 3.8) is 0 Å². The summed E-state index contributed by atoms with van der Waals surface area (Å²) in [7, 11) is 0. The molecule has 1 aromatic rings. The molecule has 2 amide bonds. The molecule has 2 rings (SSSR count). The summed E-state index contributed by atoms with van der Waals surface area (Å²) in [6.07, 6.45) is -6.98. The first-order valence-corrected chi connectivity index (χ1v) is 7.06. The molecule has 0 radical (unpaired) electrons.